The first-order valence-corrected chi connectivity index (χ1v) is 28.1. The minimum atomic E-state index is -3.74. The van der Waals surface area contributed by atoms with Crippen molar-refractivity contribution in [1.82, 2.24) is 24.7 Å². The van der Waals surface area contributed by atoms with Crippen LogP contribution in [0.5, 0.6) is 0 Å². The van der Waals surface area contributed by atoms with Crippen molar-refractivity contribution in [2.75, 3.05) is 71.6 Å². The Morgan fingerprint density at radius 1 is 0.662 bits per heavy atom. The van der Waals surface area contributed by atoms with Gasteiger partial charge < -0.3 is 9.80 Å². The zero-order chi connectivity index (χ0) is 49.7. The fourth-order valence-corrected chi connectivity index (χ4v) is 13.4. The summed E-state index contributed by atoms with van der Waals surface area (Å²) in [6.07, 6.45) is 6.51. The maximum Gasteiger partial charge on any atom is 0.263 e. The van der Waals surface area contributed by atoms with Crippen LogP contribution >= 0.6 is 22.7 Å². The maximum absolute atomic E-state index is 13.6. The summed E-state index contributed by atoms with van der Waals surface area (Å²) in [6, 6.07) is 29.3. The Kier molecular flexibility index (Phi) is 15.2. The van der Waals surface area contributed by atoms with Gasteiger partial charge >= 0.3 is 0 Å². The van der Waals surface area contributed by atoms with E-state index < -0.39 is 20.0 Å². The van der Waals surface area contributed by atoms with Gasteiger partial charge in [-0.05, 0) is 136 Å². The number of piperazine rings is 1. The molecule has 6 aromatic rings. The number of thiazole rings is 2. The first kappa shape index (κ1) is 49.8. The molecule has 0 unspecified atom stereocenters. The molecule has 4 saturated heterocycles. The predicted octanol–water partition coefficient (Wildman–Crippen LogP) is 8.60. The van der Waals surface area contributed by atoms with Crippen LogP contribution in [0.15, 0.2) is 130 Å². The van der Waals surface area contributed by atoms with Crippen molar-refractivity contribution >= 4 is 76.2 Å². The molecular formula is C50H63FN10O6S4. The SMILES string of the molecule is C[C@@H](c1cccc(F)c1)N1CCN([C@H]2CCN(c3ccc(S(=O)(=O)Nc4nccs4)cc3)C2=O)CC1.N#Cc1ccc(C2CCN([C@H]3CCN(c4ccc(S(=O)(=O)Nc5nccs5)cc4)C3=O)CC2)cc1.[HH].[HH].[HH].[HH].[HH]. The third-order valence-corrected chi connectivity index (χ3v) is 18.1. The Hall–Kier alpha value is -6.12. The molecule has 0 aliphatic carbocycles. The molecule has 4 aliphatic rings. The Bertz CT molecular complexity index is 3080. The first-order chi connectivity index (χ1) is 34.3. The lowest BCUT2D eigenvalue weighted by atomic mass is 9.88. The highest BCUT2D eigenvalue weighted by Crippen LogP contribution is 2.34. The highest BCUT2D eigenvalue weighted by Gasteiger charge is 2.40. The Morgan fingerprint density at radius 3 is 1.61 bits per heavy atom. The average molecular weight is 1050 g/mol. The fourth-order valence-electron chi connectivity index (χ4n) is 9.81. The van der Waals surface area contributed by atoms with Crippen LogP contribution in [0.4, 0.5) is 26.0 Å². The lowest BCUT2D eigenvalue weighted by Gasteiger charge is -2.40. The molecule has 21 heteroatoms. The smallest absolute Gasteiger partial charge is 0.263 e. The number of hydrogen-bond acceptors (Lipinski definition) is 14. The molecule has 0 saturated carbocycles. The summed E-state index contributed by atoms with van der Waals surface area (Å²) >= 11 is 2.42. The van der Waals surface area contributed by atoms with Crippen molar-refractivity contribution in [2.24, 2.45) is 0 Å². The number of nitrogens with one attached hydrogen (secondary N) is 2. The largest absolute Gasteiger partial charge is 0.311 e. The number of anilines is 4. The number of amides is 2. The molecule has 16 nitrogen and oxygen atoms in total. The van der Waals surface area contributed by atoms with Gasteiger partial charge in [-0.25, -0.2) is 31.2 Å². The molecule has 6 heterocycles. The van der Waals surface area contributed by atoms with Crippen molar-refractivity contribution in [2.45, 2.75) is 66.4 Å². The molecule has 0 bridgehead atoms. The van der Waals surface area contributed by atoms with E-state index in [9.17, 15) is 30.8 Å². The molecule has 4 fully saturated rings. The fraction of sp³-hybridized carbons (Fsp3) is 0.340. The summed E-state index contributed by atoms with van der Waals surface area (Å²) in [5, 5.41) is 13.0. The van der Waals surface area contributed by atoms with Crippen LogP contribution in [0, 0.1) is 17.1 Å². The number of nitriles is 1. The summed E-state index contributed by atoms with van der Waals surface area (Å²) in [5.74, 6) is 0.326. The minimum absolute atomic E-state index is 0. The van der Waals surface area contributed by atoms with Gasteiger partial charge in [0.15, 0.2) is 10.3 Å². The van der Waals surface area contributed by atoms with Crippen LogP contribution in [-0.2, 0) is 29.6 Å². The highest BCUT2D eigenvalue weighted by atomic mass is 32.2. The first-order valence-electron chi connectivity index (χ1n) is 23.4. The third kappa shape index (κ3) is 11.5. The lowest BCUT2D eigenvalue weighted by Crippen LogP contribution is -2.52. The normalized spacial score (nSPS) is 20.1. The molecule has 0 spiro atoms. The average Bonchev–Trinajstić information content (AvgIpc) is 4.24. The standard InChI is InChI=1S/C25H28FN5O3S2.C25H25N5O3S2.5H2/c1-18(19-3-2-4-20(26)17-19)29-12-14-30(15-13-29)23-9-11-31(24(23)32)21-5-7-22(8-6-21)36(33,34)28-25-27-10-16-35-25;26-17-18-1-3-19(4-2-18)20-9-13-29(14-10-20)23-11-15-30(24(23)31)21-5-7-22(8-6-21)35(32,33)28-25-27-12-16-34-25;;;;;/h2-8,10,16-18,23H,9,11-15H2,1H3,(H,27,28);1-8,12,16,20,23H,9-11,13-15H2,(H,27,28);5*1H/t18-,23-;23-;;;;;/m00...../s1. The number of sulfonamides is 2. The van der Waals surface area contributed by atoms with E-state index in [0.29, 0.717) is 46.2 Å². The van der Waals surface area contributed by atoms with E-state index in [1.807, 2.05) is 30.3 Å². The number of carbonyl (C=O) groups is 2. The molecule has 0 radical (unpaired) electrons. The van der Waals surface area contributed by atoms with E-state index in [4.69, 9.17) is 5.26 Å². The second-order valence-corrected chi connectivity index (χ2v) is 23.0. The van der Waals surface area contributed by atoms with Gasteiger partial charge in [0.05, 0.1) is 33.5 Å². The third-order valence-electron chi connectivity index (χ3n) is 13.7. The van der Waals surface area contributed by atoms with Crippen LogP contribution in [0.25, 0.3) is 0 Å². The number of nitrogens with zero attached hydrogens (tertiary/aromatic N) is 8. The number of aromatic nitrogens is 2. The second kappa shape index (κ2) is 21.7. The van der Waals surface area contributed by atoms with Crippen LogP contribution in [0.2, 0.25) is 0 Å². The van der Waals surface area contributed by atoms with Gasteiger partial charge in [0.1, 0.15) is 5.82 Å². The summed E-state index contributed by atoms with van der Waals surface area (Å²) in [6.45, 7) is 8.15. The van der Waals surface area contributed by atoms with E-state index in [2.05, 4.69) is 47.1 Å². The van der Waals surface area contributed by atoms with E-state index in [1.165, 1.54) is 71.0 Å². The number of piperidine rings is 1. The van der Waals surface area contributed by atoms with Crippen molar-refractivity contribution in [1.29, 1.82) is 5.26 Å². The lowest BCUT2D eigenvalue weighted by molar-refractivity contribution is -0.123. The second-order valence-electron chi connectivity index (χ2n) is 17.8. The van der Waals surface area contributed by atoms with Gasteiger partial charge in [-0.15, -0.1) is 22.7 Å². The van der Waals surface area contributed by atoms with Crippen LogP contribution in [0.3, 0.4) is 0 Å². The molecule has 2 N–H and O–H groups in total. The van der Waals surface area contributed by atoms with Gasteiger partial charge in [-0.3, -0.25) is 33.7 Å². The zero-order valence-corrected chi connectivity index (χ0v) is 42.1. The van der Waals surface area contributed by atoms with Crippen LogP contribution < -0.4 is 19.2 Å². The molecule has 2 amide bonds. The molecular weight excluding hydrogens is 984 g/mol. The monoisotopic (exact) mass is 1050 g/mol. The molecule has 380 valence electrons. The Labute approximate surface area is 428 Å². The predicted molar refractivity (Wildman–Crippen MR) is 283 cm³/mol. The number of hydrogen-bond donors (Lipinski definition) is 2. The number of carbonyl (C=O) groups excluding carboxylic acids is 2. The van der Waals surface area contributed by atoms with E-state index >= 15 is 0 Å². The van der Waals surface area contributed by atoms with Crippen LogP contribution in [0.1, 0.15) is 68.4 Å². The van der Waals surface area contributed by atoms with Gasteiger partial charge in [0, 0.05) is 87.0 Å². The number of likely N-dealkylation sites (tertiary alicyclic amines) is 1. The maximum atomic E-state index is 13.6. The van der Waals surface area contributed by atoms with E-state index in [-0.39, 0.29) is 52.7 Å². The van der Waals surface area contributed by atoms with Crippen molar-refractivity contribution in [3.8, 4) is 6.07 Å². The summed E-state index contributed by atoms with van der Waals surface area (Å²) in [5.41, 5.74) is 4.28. The van der Waals surface area contributed by atoms with Gasteiger partial charge in [0.2, 0.25) is 11.8 Å². The van der Waals surface area contributed by atoms with Gasteiger partial charge in [0.25, 0.3) is 20.0 Å². The van der Waals surface area contributed by atoms with Crippen molar-refractivity contribution in [3.63, 3.8) is 0 Å². The van der Waals surface area contributed by atoms with Crippen molar-refractivity contribution in [3.05, 3.63) is 143 Å². The topological polar surface area (TPSA) is 192 Å². The molecule has 71 heavy (non-hydrogen) atoms. The van der Waals surface area contributed by atoms with E-state index in [0.717, 1.165) is 70.5 Å². The molecule has 3 atom stereocenters. The molecule has 2 aromatic heterocycles. The number of rotatable bonds is 13. The summed E-state index contributed by atoms with van der Waals surface area (Å²) < 4.78 is 68.9. The van der Waals surface area contributed by atoms with Gasteiger partial charge in [-0.2, -0.15) is 5.26 Å². The Balaban J connectivity index is 0.000000308. The minimum Gasteiger partial charge on any atom is -0.311 e. The molecule has 10 rings (SSSR count). The molecule has 4 aromatic carbocycles. The summed E-state index contributed by atoms with van der Waals surface area (Å²) in [7, 11) is -7.47. The Morgan fingerprint density at radius 2 is 1.15 bits per heavy atom. The summed E-state index contributed by atoms with van der Waals surface area (Å²) in [4.78, 5) is 45.0. The number of halogens is 1. The van der Waals surface area contributed by atoms with Crippen molar-refractivity contribution < 1.29 is 37.9 Å². The molecule has 4 aliphatic heterocycles. The zero-order valence-electron chi connectivity index (χ0n) is 38.9. The van der Waals surface area contributed by atoms with E-state index in [1.54, 1.807) is 57.0 Å². The van der Waals surface area contributed by atoms with Crippen LogP contribution in [-0.4, -0.2) is 118 Å². The number of benzene rings is 4. The quantitative estimate of drug-likeness (QED) is 0.112. The van der Waals surface area contributed by atoms with Gasteiger partial charge in [-0.1, -0.05) is 24.3 Å². The highest BCUT2D eigenvalue weighted by molar-refractivity contribution is 7.93.